The highest BCUT2D eigenvalue weighted by molar-refractivity contribution is 5.95. The molecule has 612 valence electrons. The summed E-state index contributed by atoms with van der Waals surface area (Å²) < 4.78 is 112. The summed E-state index contributed by atoms with van der Waals surface area (Å²) in [5.74, 6) is -11.7. The number of carbonyl (C=O) groups excluding carboxylic acids is 11. The Labute approximate surface area is 685 Å². The fourth-order valence-electron chi connectivity index (χ4n) is 13.7. The number of fused-ring (bicyclic) bond motifs is 2. The van der Waals surface area contributed by atoms with E-state index in [-0.39, 0.29) is 55.6 Å². The minimum absolute atomic E-state index is 0.0134. The molecule has 4 aliphatic heterocycles. The summed E-state index contributed by atoms with van der Waals surface area (Å²) in [7, 11) is 0. The van der Waals surface area contributed by atoms with Crippen molar-refractivity contribution in [3.05, 3.63) is 359 Å². The summed E-state index contributed by atoms with van der Waals surface area (Å²) in [5.41, 5.74) is -0.723. The molecule has 4 aliphatic rings. The first-order valence-corrected chi connectivity index (χ1v) is 38.1. The molecule has 0 aromatic heterocycles. The zero-order valence-corrected chi connectivity index (χ0v) is 63.7. The molecule has 0 amide bonds. The fraction of sp³-hybridized carbons (Fsp3) is 0.228. The van der Waals surface area contributed by atoms with Crippen molar-refractivity contribution in [2.45, 2.75) is 111 Å². The van der Waals surface area contributed by atoms with Gasteiger partial charge in [0.15, 0.2) is 67.7 Å². The molecule has 4 heterocycles. The minimum Gasteiger partial charge on any atom is -0.463 e. The van der Waals surface area contributed by atoms with Gasteiger partial charge >= 0.3 is 65.7 Å². The lowest BCUT2D eigenvalue weighted by Gasteiger charge is -2.50. The van der Waals surface area contributed by atoms with Crippen LogP contribution in [0.5, 0.6) is 0 Å². The second kappa shape index (κ2) is 39.4. The molecule has 28 nitrogen and oxygen atoms in total. The highest BCUT2D eigenvalue weighted by Crippen LogP contribution is 2.44. The number of ether oxygens (including phenoxy) is 17. The van der Waals surface area contributed by atoms with Gasteiger partial charge in [0.1, 0.15) is 56.4 Å². The van der Waals surface area contributed by atoms with Crippen LogP contribution in [0.4, 0.5) is 0 Å². The van der Waals surface area contributed by atoms with Crippen molar-refractivity contribution in [1.29, 1.82) is 0 Å². The third kappa shape index (κ3) is 20.4. The Morgan fingerprint density at radius 3 is 0.908 bits per heavy atom. The Balaban J connectivity index is 0.979. The van der Waals surface area contributed by atoms with Gasteiger partial charge < -0.3 is 80.5 Å². The monoisotopic (exact) mass is 1630 g/mol. The molecule has 0 N–H and O–H groups in total. The Hall–Kier alpha value is -13.9. The average Bonchev–Trinajstić information content (AvgIpc) is 1.54. The van der Waals surface area contributed by atoms with Crippen LogP contribution in [0.2, 0.25) is 0 Å². The van der Waals surface area contributed by atoms with Crippen LogP contribution in [0.1, 0.15) is 111 Å². The SMILES string of the molecule is CC(=O)OC[C@@H]1O[C@H]2O[C@H]1[C@@H](O[C@@H]1O[C@H](COC(=O)c3ccccc3)[C@@H](OC(=O)c3ccccc3)[C@H](OC(=O)c3ccccc3)[C@H]1OC(=O)c1ccccc1)[C@H](O[C@H]1O[C@H]([C@H](COC(=O)c3ccccc3)OC(=O)c3ccccc3)[C@@H](OC(=O)c3ccccc3)[C@H](OC(=O)c3ccccc3)[C@@H]1OC(=O)c1ccccc1)[C@@H]2OC(=O)c1ccccc1. The van der Waals surface area contributed by atoms with Crippen LogP contribution in [-0.4, -0.2) is 190 Å². The molecule has 28 heteroatoms. The van der Waals surface area contributed by atoms with Crippen LogP contribution in [-0.2, 0) is 85.3 Å². The number of benzene rings is 10. The lowest BCUT2D eigenvalue weighted by Crippen LogP contribution is -2.68. The summed E-state index contributed by atoms with van der Waals surface area (Å²) in [6.07, 6.45) is -35.3. The van der Waals surface area contributed by atoms with E-state index in [1.54, 1.807) is 97.1 Å². The van der Waals surface area contributed by atoms with E-state index in [4.69, 9.17) is 80.5 Å². The Morgan fingerprint density at radius 1 is 0.258 bits per heavy atom. The number of hydrogen-bond donors (Lipinski definition) is 0. The Bertz CT molecular complexity index is 5180. The summed E-state index contributed by atoms with van der Waals surface area (Å²) in [5, 5.41) is 0. The topological polar surface area (TPSA) is 345 Å². The van der Waals surface area contributed by atoms with Crippen molar-refractivity contribution >= 4 is 65.7 Å². The summed E-state index contributed by atoms with van der Waals surface area (Å²) in [6, 6.07) is 75.0. The molecule has 0 spiro atoms. The van der Waals surface area contributed by atoms with Gasteiger partial charge in [0, 0.05) is 6.92 Å². The molecule has 14 rings (SSSR count). The molecule has 120 heavy (non-hydrogen) atoms. The van der Waals surface area contributed by atoms with E-state index in [0.29, 0.717) is 0 Å². The largest absolute Gasteiger partial charge is 0.463 e. The smallest absolute Gasteiger partial charge is 0.338 e. The first kappa shape index (κ1) is 82.7. The van der Waals surface area contributed by atoms with Crippen molar-refractivity contribution in [1.82, 2.24) is 0 Å². The zero-order valence-electron chi connectivity index (χ0n) is 63.7. The Kier molecular flexibility index (Phi) is 27.1. The standard InChI is InChI=1S/C92H76O28/c1-55(93)104-52-67-71-73(119-91-77(114-87(101)63-46-26-9-27-47-63)74(112-85(99)61-42-22-7-23-43-61)69(110-83(97)59-38-18-5-19-39-59)68(109-91)54-106-81(95)57-34-14-3-15-35-57)76(79(90(108-67)117-71)116-89(103)65-50-30-11-31-51-65)120-92-78(115-88(102)64-48-28-10-29-49-64)75(113-86(100)62-44-24-8-25-45-62)72(111-84(98)60-40-20-6-21-41-60)70(118-92)66(107-82(96)58-36-16-4-17-37-58)53-105-80(94)56-32-12-2-13-33-56/h2-51,66-79,90-92H,52-54H2,1H3/t66-,67-,68+,69+,70+,71+,72+,73+,74-,75-,76-,77+,78-,79-,90-,91-,92+/m0/s1. The van der Waals surface area contributed by atoms with Crippen molar-refractivity contribution in [2.24, 2.45) is 0 Å². The van der Waals surface area contributed by atoms with Crippen LogP contribution >= 0.6 is 0 Å². The highest BCUT2D eigenvalue weighted by atomic mass is 16.8. The van der Waals surface area contributed by atoms with E-state index < -0.39 is 190 Å². The van der Waals surface area contributed by atoms with Crippen LogP contribution in [0.25, 0.3) is 0 Å². The van der Waals surface area contributed by atoms with Crippen LogP contribution < -0.4 is 0 Å². The summed E-state index contributed by atoms with van der Waals surface area (Å²) in [6.45, 7) is -1.45. The van der Waals surface area contributed by atoms with Crippen LogP contribution in [0.15, 0.2) is 303 Å². The molecular formula is C92H76O28. The third-order valence-corrected chi connectivity index (χ3v) is 19.5. The van der Waals surface area contributed by atoms with Gasteiger partial charge in [0.2, 0.25) is 0 Å². The van der Waals surface area contributed by atoms with Gasteiger partial charge in [0.25, 0.3) is 0 Å². The van der Waals surface area contributed by atoms with Gasteiger partial charge in [-0.05, 0) is 121 Å². The fourth-order valence-corrected chi connectivity index (χ4v) is 13.7. The van der Waals surface area contributed by atoms with E-state index in [0.717, 1.165) is 6.92 Å². The van der Waals surface area contributed by atoms with Crippen molar-refractivity contribution in [3.63, 3.8) is 0 Å². The van der Waals surface area contributed by atoms with Gasteiger partial charge in [-0.1, -0.05) is 182 Å². The predicted molar refractivity (Wildman–Crippen MR) is 416 cm³/mol. The van der Waals surface area contributed by atoms with E-state index in [1.165, 1.54) is 206 Å². The second-order valence-corrected chi connectivity index (χ2v) is 27.6. The third-order valence-electron chi connectivity index (χ3n) is 19.5. The molecule has 0 aliphatic carbocycles. The van der Waals surface area contributed by atoms with E-state index in [9.17, 15) is 24.0 Å². The molecule has 4 saturated heterocycles. The molecule has 10 aromatic carbocycles. The molecule has 0 radical (unpaired) electrons. The number of hydrogen-bond acceptors (Lipinski definition) is 28. The van der Waals surface area contributed by atoms with Gasteiger partial charge in [-0.15, -0.1) is 0 Å². The molecule has 10 aromatic rings. The Morgan fingerprint density at radius 2 is 0.542 bits per heavy atom. The minimum atomic E-state index is -2.44. The quantitative estimate of drug-likeness (QED) is 0.0310. The van der Waals surface area contributed by atoms with E-state index in [2.05, 4.69) is 0 Å². The lowest BCUT2D eigenvalue weighted by atomic mass is 9.93. The maximum atomic E-state index is 15.4. The maximum absolute atomic E-state index is 15.4. The average molecular weight is 1630 g/mol. The molecule has 17 atom stereocenters. The maximum Gasteiger partial charge on any atom is 0.338 e. The lowest BCUT2D eigenvalue weighted by molar-refractivity contribution is -0.368. The zero-order chi connectivity index (χ0) is 83.4. The van der Waals surface area contributed by atoms with Crippen molar-refractivity contribution in [2.75, 3.05) is 19.8 Å². The number of carbonyl (C=O) groups is 11. The number of esters is 11. The van der Waals surface area contributed by atoms with Crippen LogP contribution in [0, 0.1) is 0 Å². The van der Waals surface area contributed by atoms with Crippen molar-refractivity contribution < 1.29 is 133 Å². The normalized spacial score (nSPS) is 23.6. The highest BCUT2D eigenvalue weighted by Gasteiger charge is 2.65. The van der Waals surface area contributed by atoms with E-state index in [1.807, 2.05) is 0 Å². The predicted octanol–water partition coefficient (Wildman–Crippen LogP) is 11.4. The molecule has 4 fully saturated rings. The van der Waals surface area contributed by atoms with E-state index >= 15 is 28.8 Å². The van der Waals surface area contributed by atoms with Crippen molar-refractivity contribution in [3.8, 4) is 0 Å². The number of rotatable bonds is 29. The second-order valence-electron chi connectivity index (χ2n) is 27.6. The molecule has 0 saturated carbocycles. The first-order valence-electron chi connectivity index (χ1n) is 38.1. The van der Waals surface area contributed by atoms with Crippen LogP contribution in [0.3, 0.4) is 0 Å². The first-order chi connectivity index (χ1) is 58.5. The van der Waals surface area contributed by atoms with Gasteiger partial charge in [-0.2, -0.15) is 0 Å². The summed E-state index contributed by atoms with van der Waals surface area (Å²) in [4.78, 5) is 163. The van der Waals surface area contributed by atoms with Gasteiger partial charge in [-0.3, -0.25) is 4.79 Å². The molecular weight excluding hydrogens is 1550 g/mol. The molecule has 2 bridgehead atoms. The summed E-state index contributed by atoms with van der Waals surface area (Å²) >= 11 is 0. The van der Waals surface area contributed by atoms with Gasteiger partial charge in [0.05, 0.1) is 55.6 Å². The van der Waals surface area contributed by atoms with Gasteiger partial charge in [-0.25, -0.2) is 47.9 Å². The molecule has 0 unspecified atom stereocenters.